The van der Waals surface area contributed by atoms with Gasteiger partial charge in [0.15, 0.2) is 0 Å². The summed E-state index contributed by atoms with van der Waals surface area (Å²) < 4.78 is 4.86. The van der Waals surface area contributed by atoms with Crippen LogP contribution in [-0.4, -0.2) is 36.3 Å². The van der Waals surface area contributed by atoms with Crippen LogP contribution >= 0.6 is 0 Å². The second kappa shape index (κ2) is 9.03. The number of carbonyl (C=O) groups is 2. The maximum atomic E-state index is 12.2. The average Bonchev–Trinajstić information content (AvgIpc) is 3.14. The van der Waals surface area contributed by atoms with Gasteiger partial charge in [-0.3, -0.25) is 9.59 Å². The fourth-order valence-corrected chi connectivity index (χ4v) is 2.34. The molecule has 0 aliphatic rings. The molecule has 0 saturated heterocycles. The lowest BCUT2D eigenvalue weighted by Crippen LogP contribution is -2.44. The van der Waals surface area contributed by atoms with Gasteiger partial charge in [0.1, 0.15) is 12.3 Å². The summed E-state index contributed by atoms with van der Waals surface area (Å²) in [5.41, 5.74) is 2.63. The Bertz CT molecular complexity index is 698. The highest BCUT2D eigenvalue weighted by atomic mass is 16.3. The lowest BCUT2D eigenvalue weighted by atomic mass is 10.1. The van der Waals surface area contributed by atoms with Crippen molar-refractivity contribution in [3.63, 3.8) is 0 Å². The first-order valence-corrected chi connectivity index (χ1v) is 8.36. The molecule has 2 N–H and O–H groups in total. The Labute approximate surface area is 148 Å². The van der Waals surface area contributed by atoms with Gasteiger partial charge in [0, 0.05) is 13.1 Å². The third kappa shape index (κ3) is 5.76. The molecule has 1 aromatic heterocycles. The summed E-state index contributed by atoms with van der Waals surface area (Å²) in [5.74, 6) is -0.561. The maximum Gasteiger partial charge on any atom is 0.255 e. The number of hydrogen-bond donors (Lipinski definition) is 2. The highest BCUT2D eigenvalue weighted by Crippen LogP contribution is 2.08. The van der Waals surface area contributed by atoms with Gasteiger partial charge < -0.3 is 20.0 Å². The number of rotatable bonds is 8. The SMILES string of the molecule is CCN(C)Cc1cccc(CNC(=O)C(C)NC(=O)c2ccoc2)c1. The molecule has 0 aliphatic carbocycles. The lowest BCUT2D eigenvalue weighted by Gasteiger charge is -2.16. The van der Waals surface area contributed by atoms with E-state index in [1.165, 1.54) is 18.1 Å². The molecule has 2 rings (SSSR count). The van der Waals surface area contributed by atoms with Crippen LogP contribution in [0.3, 0.4) is 0 Å². The molecule has 0 saturated carbocycles. The average molecular weight is 343 g/mol. The number of benzene rings is 1. The van der Waals surface area contributed by atoms with Crippen LogP contribution in [0.15, 0.2) is 47.3 Å². The van der Waals surface area contributed by atoms with E-state index in [0.717, 1.165) is 18.7 Å². The van der Waals surface area contributed by atoms with Crippen LogP contribution in [0.4, 0.5) is 0 Å². The molecule has 1 heterocycles. The summed E-state index contributed by atoms with van der Waals surface area (Å²) in [6, 6.07) is 9.05. The van der Waals surface area contributed by atoms with Gasteiger partial charge in [-0.1, -0.05) is 31.2 Å². The van der Waals surface area contributed by atoms with Gasteiger partial charge in [-0.05, 0) is 37.7 Å². The van der Waals surface area contributed by atoms with Crippen molar-refractivity contribution < 1.29 is 14.0 Å². The van der Waals surface area contributed by atoms with Crippen LogP contribution < -0.4 is 10.6 Å². The Hall–Kier alpha value is -2.60. The Balaban J connectivity index is 1.84. The van der Waals surface area contributed by atoms with Crippen LogP contribution in [-0.2, 0) is 17.9 Å². The second-order valence-electron chi connectivity index (χ2n) is 6.08. The quantitative estimate of drug-likeness (QED) is 0.770. The number of furan rings is 1. The standard InChI is InChI=1S/C19H25N3O3/c1-4-22(3)12-16-7-5-6-15(10-16)11-20-18(23)14(2)21-19(24)17-8-9-25-13-17/h5-10,13-14H,4,11-12H2,1-3H3,(H,20,23)(H,21,24). The van der Waals surface area contributed by atoms with Crippen molar-refractivity contribution in [1.29, 1.82) is 0 Å². The Kier molecular flexibility index (Phi) is 6.77. The van der Waals surface area contributed by atoms with E-state index in [0.29, 0.717) is 12.1 Å². The van der Waals surface area contributed by atoms with E-state index in [1.54, 1.807) is 13.0 Å². The van der Waals surface area contributed by atoms with Crippen LogP contribution in [0.1, 0.15) is 35.3 Å². The smallest absolute Gasteiger partial charge is 0.255 e. The Morgan fingerprint density at radius 2 is 2.00 bits per heavy atom. The van der Waals surface area contributed by atoms with Crippen molar-refractivity contribution >= 4 is 11.8 Å². The first kappa shape index (κ1) is 18.7. The number of hydrogen-bond acceptors (Lipinski definition) is 4. The van der Waals surface area contributed by atoms with Crippen molar-refractivity contribution in [3.8, 4) is 0 Å². The number of carbonyl (C=O) groups excluding carboxylic acids is 2. The summed E-state index contributed by atoms with van der Waals surface area (Å²) >= 11 is 0. The first-order chi connectivity index (χ1) is 12.0. The molecule has 0 radical (unpaired) electrons. The summed E-state index contributed by atoms with van der Waals surface area (Å²) in [6.45, 7) is 6.04. The molecule has 2 aromatic rings. The first-order valence-electron chi connectivity index (χ1n) is 8.36. The number of amides is 2. The van der Waals surface area contributed by atoms with Crippen molar-refractivity contribution in [2.24, 2.45) is 0 Å². The van der Waals surface area contributed by atoms with E-state index < -0.39 is 6.04 Å². The molecular formula is C19H25N3O3. The van der Waals surface area contributed by atoms with Crippen molar-refractivity contribution in [3.05, 3.63) is 59.5 Å². The Morgan fingerprint density at radius 3 is 2.68 bits per heavy atom. The van der Waals surface area contributed by atoms with E-state index in [9.17, 15) is 9.59 Å². The van der Waals surface area contributed by atoms with Crippen LogP contribution in [0.5, 0.6) is 0 Å². The molecular weight excluding hydrogens is 318 g/mol. The van der Waals surface area contributed by atoms with Crippen LogP contribution in [0.2, 0.25) is 0 Å². The fourth-order valence-electron chi connectivity index (χ4n) is 2.34. The summed E-state index contributed by atoms with van der Waals surface area (Å²) in [4.78, 5) is 26.3. The van der Waals surface area contributed by atoms with Crippen LogP contribution in [0, 0.1) is 0 Å². The van der Waals surface area contributed by atoms with E-state index in [4.69, 9.17) is 4.42 Å². The van der Waals surface area contributed by atoms with E-state index in [2.05, 4.69) is 41.6 Å². The molecule has 1 aromatic carbocycles. The second-order valence-corrected chi connectivity index (χ2v) is 6.08. The van der Waals surface area contributed by atoms with Crippen molar-refractivity contribution in [2.75, 3.05) is 13.6 Å². The van der Waals surface area contributed by atoms with E-state index in [-0.39, 0.29) is 11.8 Å². The molecule has 6 heteroatoms. The van der Waals surface area contributed by atoms with Crippen molar-refractivity contribution in [2.45, 2.75) is 33.0 Å². The molecule has 0 aliphatic heterocycles. The predicted octanol–water partition coefficient (Wildman–Crippen LogP) is 2.17. The normalized spacial score (nSPS) is 12.0. The summed E-state index contributed by atoms with van der Waals surface area (Å²) in [6.07, 6.45) is 2.77. The molecule has 2 amide bonds. The van der Waals surface area contributed by atoms with Gasteiger partial charge in [0.05, 0.1) is 11.8 Å². The molecule has 1 atom stereocenters. The van der Waals surface area contributed by atoms with Gasteiger partial charge in [-0.2, -0.15) is 0 Å². The van der Waals surface area contributed by atoms with E-state index >= 15 is 0 Å². The minimum absolute atomic E-state index is 0.229. The number of nitrogens with zero attached hydrogens (tertiary/aromatic N) is 1. The highest BCUT2D eigenvalue weighted by Gasteiger charge is 2.16. The topological polar surface area (TPSA) is 74.6 Å². The van der Waals surface area contributed by atoms with E-state index in [1.807, 2.05) is 12.1 Å². The van der Waals surface area contributed by atoms with Gasteiger partial charge >= 0.3 is 0 Å². The largest absolute Gasteiger partial charge is 0.472 e. The number of nitrogens with one attached hydrogen (secondary N) is 2. The maximum absolute atomic E-state index is 12.2. The zero-order chi connectivity index (χ0) is 18.2. The zero-order valence-corrected chi connectivity index (χ0v) is 14.9. The van der Waals surface area contributed by atoms with Gasteiger partial charge in [-0.15, -0.1) is 0 Å². The predicted molar refractivity (Wildman–Crippen MR) is 95.9 cm³/mol. The molecule has 1 unspecified atom stereocenters. The van der Waals surface area contributed by atoms with Crippen LogP contribution in [0.25, 0.3) is 0 Å². The third-order valence-corrected chi connectivity index (χ3v) is 3.97. The minimum Gasteiger partial charge on any atom is -0.472 e. The molecule has 0 spiro atoms. The monoisotopic (exact) mass is 343 g/mol. The molecule has 6 nitrogen and oxygen atoms in total. The minimum atomic E-state index is -0.628. The summed E-state index contributed by atoms with van der Waals surface area (Å²) in [7, 11) is 2.07. The molecule has 25 heavy (non-hydrogen) atoms. The lowest BCUT2D eigenvalue weighted by molar-refractivity contribution is -0.122. The Morgan fingerprint density at radius 1 is 1.24 bits per heavy atom. The molecule has 0 bridgehead atoms. The third-order valence-electron chi connectivity index (χ3n) is 3.97. The van der Waals surface area contributed by atoms with Crippen molar-refractivity contribution in [1.82, 2.24) is 15.5 Å². The zero-order valence-electron chi connectivity index (χ0n) is 14.9. The molecule has 134 valence electrons. The van der Waals surface area contributed by atoms with Gasteiger partial charge in [0.25, 0.3) is 5.91 Å². The highest BCUT2D eigenvalue weighted by molar-refractivity contribution is 5.97. The van der Waals surface area contributed by atoms with Gasteiger partial charge in [0.2, 0.25) is 5.91 Å². The molecule has 0 fully saturated rings. The fraction of sp³-hybridized carbons (Fsp3) is 0.368. The van der Waals surface area contributed by atoms with Gasteiger partial charge in [-0.25, -0.2) is 0 Å². The summed E-state index contributed by atoms with van der Waals surface area (Å²) in [5, 5.41) is 5.50.